The third-order valence-corrected chi connectivity index (χ3v) is 5.52. The lowest BCUT2D eigenvalue weighted by atomic mass is 10.1. The lowest BCUT2D eigenvalue weighted by Gasteiger charge is -2.09. The van der Waals surface area contributed by atoms with Gasteiger partial charge in [0.2, 0.25) is 11.8 Å². The molecule has 0 radical (unpaired) electrons. The fourth-order valence-corrected chi connectivity index (χ4v) is 3.88. The molecule has 5 rings (SSSR count). The number of hydrogen-bond donors (Lipinski definition) is 1. The van der Waals surface area contributed by atoms with E-state index in [2.05, 4.69) is 20.4 Å². The van der Waals surface area contributed by atoms with Gasteiger partial charge < -0.3 is 14.4 Å². The Bertz CT molecular complexity index is 1530. The molecule has 5 aromatic rings. The van der Waals surface area contributed by atoms with Gasteiger partial charge in [-0.2, -0.15) is 4.98 Å². The number of para-hydroxylation sites is 1. The van der Waals surface area contributed by atoms with Crippen molar-refractivity contribution in [3.05, 3.63) is 88.1 Å². The first-order chi connectivity index (χ1) is 16.0. The highest BCUT2D eigenvalue weighted by atomic mass is 16.5. The molecule has 0 atom stereocenters. The molecule has 1 N–H and O–H groups in total. The molecule has 1 amide bonds. The minimum absolute atomic E-state index is 0.00350. The van der Waals surface area contributed by atoms with Gasteiger partial charge in [0.05, 0.1) is 11.8 Å². The average Bonchev–Trinajstić information content (AvgIpc) is 3.37. The largest absolute Gasteiger partial charge is 0.350 e. The predicted octanol–water partition coefficient (Wildman–Crippen LogP) is 2.72. The molecule has 0 aliphatic heterocycles. The third kappa shape index (κ3) is 4.00. The van der Waals surface area contributed by atoms with E-state index in [-0.39, 0.29) is 24.6 Å². The van der Waals surface area contributed by atoms with E-state index in [1.165, 1.54) is 10.9 Å². The van der Waals surface area contributed by atoms with Crippen molar-refractivity contribution >= 4 is 27.8 Å². The van der Waals surface area contributed by atoms with Crippen LogP contribution >= 0.6 is 0 Å². The zero-order chi connectivity index (χ0) is 22.9. The summed E-state index contributed by atoms with van der Waals surface area (Å²) in [6.45, 7) is 4.24. The summed E-state index contributed by atoms with van der Waals surface area (Å²) in [5.41, 5.74) is 3.58. The molecule has 33 heavy (non-hydrogen) atoms. The minimum atomic E-state index is -0.279. The molecule has 3 heterocycles. The molecule has 0 aliphatic rings. The van der Waals surface area contributed by atoms with Crippen molar-refractivity contribution in [3.63, 3.8) is 0 Å². The molecule has 2 aromatic carbocycles. The minimum Gasteiger partial charge on any atom is -0.350 e. The molecule has 0 bridgehead atoms. The number of hydrogen-bond acceptors (Lipinski definition) is 6. The lowest BCUT2D eigenvalue weighted by molar-refractivity contribution is -0.121. The van der Waals surface area contributed by atoms with Crippen LogP contribution in [0.5, 0.6) is 0 Å². The maximum Gasteiger partial charge on any atom is 0.278 e. The molecule has 0 unspecified atom stereocenters. The summed E-state index contributed by atoms with van der Waals surface area (Å²) >= 11 is 0. The van der Waals surface area contributed by atoms with E-state index < -0.39 is 0 Å². The zero-order valence-corrected chi connectivity index (χ0v) is 18.3. The normalized spacial score (nSPS) is 11.3. The van der Waals surface area contributed by atoms with Crippen LogP contribution in [0.15, 0.2) is 64.2 Å². The van der Waals surface area contributed by atoms with E-state index >= 15 is 0 Å². The number of nitrogens with zero attached hydrogens (tertiary/aromatic N) is 5. The molecule has 0 spiro atoms. The summed E-state index contributed by atoms with van der Waals surface area (Å²) in [7, 11) is 0. The van der Waals surface area contributed by atoms with E-state index in [0.29, 0.717) is 29.3 Å². The average molecular weight is 442 g/mol. The number of nitrogens with one attached hydrogen (secondary N) is 1. The summed E-state index contributed by atoms with van der Waals surface area (Å²) in [5, 5.41) is 7.52. The van der Waals surface area contributed by atoms with Gasteiger partial charge in [-0.25, -0.2) is 4.98 Å². The first-order valence-electron chi connectivity index (χ1n) is 10.6. The Hall–Kier alpha value is -4.27. The summed E-state index contributed by atoms with van der Waals surface area (Å²) in [6, 6.07) is 15.5. The number of amides is 1. The Labute approximate surface area is 188 Å². The molecule has 3 aromatic heterocycles. The van der Waals surface area contributed by atoms with Crippen LogP contribution in [0.2, 0.25) is 0 Å². The zero-order valence-electron chi connectivity index (χ0n) is 18.3. The Morgan fingerprint density at radius 3 is 2.64 bits per heavy atom. The van der Waals surface area contributed by atoms with Crippen molar-refractivity contribution in [2.75, 3.05) is 0 Å². The van der Waals surface area contributed by atoms with Crippen LogP contribution in [0.3, 0.4) is 0 Å². The van der Waals surface area contributed by atoms with Gasteiger partial charge in [-0.15, -0.1) is 0 Å². The van der Waals surface area contributed by atoms with Crippen molar-refractivity contribution in [1.29, 1.82) is 0 Å². The van der Waals surface area contributed by atoms with E-state index in [9.17, 15) is 9.59 Å². The van der Waals surface area contributed by atoms with Crippen LogP contribution in [0, 0.1) is 13.8 Å². The van der Waals surface area contributed by atoms with Gasteiger partial charge in [0.1, 0.15) is 24.1 Å². The monoisotopic (exact) mass is 442 g/mol. The smallest absolute Gasteiger partial charge is 0.278 e. The number of aryl methyl sites for hydroxylation is 2. The molecule has 0 saturated carbocycles. The highest BCUT2D eigenvalue weighted by Crippen LogP contribution is 2.25. The molecule has 9 nitrogen and oxygen atoms in total. The third-order valence-electron chi connectivity index (χ3n) is 5.52. The molecule has 0 saturated heterocycles. The summed E-state index contributed by atoms with van der Waals surface area (Å²) < 4.78 is 8.28. The van der Waals surface area contributed by atoms with Crippen molar-refractivity contribution in [2.24, 2.45) is 0 Å². The second kappa shape index (κ2) is 8.34. The van der Waals surface area contributed by atoms with Gasteiger partial charge >= 0.3 is 0 Å². The fraction of sp³-hybridized carbons (Fsp3) is 0.208. The standard InChI is InChI=1S/C24H22N6O3/c1-15-7-9-17(10-8-15)11-25-20(31)12-30-19-6-4-3-5-18(19)22-23(30)24(32)29(14-26-22)13-21-27-16(2)28-33-21/h3-10,14H,11-13H2,1-2H3,(H,25,31). The van der Waals surface area contributed by atoms with Gasteiger partial charge in [0.15, 0.2) is 5.82 Å². The van der Waals surface area contributed by atoms with Crippen LogP contribution in [0.4, 0.5) is 0 Å². The SMILES string of the molecule is Cc1ccc(CNC(=O)Cn2c3ccccc3c3ncn(Cc4nc(C)no4)c(=O)c32)cc1. The van der Waals surface area contributed by atoms with Crippen LogP contribution in [0.1, 0.15) is 22.8 Å². The van der Waals surface area contributed by atoms with Gasteiger partial charge in [-0.1, -0.05) is 53.2 Å². The first-order valence-corrected chi connectivity index (χ1v) is 10.6. The highest BCUT2D eigenvalue weighted by molar-refractivity contribution is 6.06. The molecule has 0 fully saturated rings. The number of carbonyl (C=O) groups excluding carboxylic acids is 1. The molecule has 9 heteroatoms. The van der Waals surface area contributed by atoms with Crippen LogP contribution < -0.4 is 10.9 Å². The van der Waals surface area contributed by atoms with E-state index in [0.717, 1.165) is 22.0 Å². The first kappa shape index (κ1) is 20.6. The predicted molar refractivity (Wildman–Crippen MR) is 123 cm³/mol. The second-order valence-electron chi connectivity index (χ2n) is 7.98. The molecule has 166 valence electrons. The summed E-state index contributed by atoms with van der Waals surface area (Å²) in [5.74, 6) is 0.612. The number of rotatable bonds is 6. The quantitative estimate of drug-likeness (QED) is 0.433. The summed E-state index contributed by atoms with van der Waals surface area (Å²) in [6.07, 6.45) is 1.47. The topological polar surface area (TPSA) is 108 Å². The maximum absolute atomic E-state index is 13.4. The number of carbonyl (C=O) groups is 1. The van der Waals surface area contributed by atoms with Gasteiger partial charge in [0.25, 0.3) is 5.56 Å². The van der Waals surface area contributed by atoms with E-state index in [1.807, 2.05) is 55.5 Å². The Kier molecular flexibility index (Phi) is 5.21. The van der Waals surface area contributed by atoms with Gasteiger partial charge in [0, 0.05) is 11.9 Å². The number of fused-ring (bicyclic) bond motifs is 3. The molecular formula is C24H22N6O3. The fourth-order valence-electron chi connectivity index (χ4n) is 3.88. The van der Waals surface area contributed by atoms with Gasteiger partial charge in [-0.05, 0) is 25.5 Å². The summed E-state index contributed by atoms with van der Waals surface area (Å²) in [4.78, 5) is 34.9. The lowest BCUT2D eigenvalue weighted by Crippen LogP contribution is -2.29. The maximum atomic E-state index is 13.4. The Balaban J connectivity index is 1.50. The van der Waals surface area contributed by atoms with Crippen LogP contribution in [-0.2, 0) is 24.4 Å². The van der Waals surface area contributed by atoms with Crippen molar-refractivity contribution in [1.82, 2.24) is 29.6 Å². The molecular weight excluding hydrogens is 420 g/mol. The van der Waals surface area contributed by atoms with Crippen molar-refractivity contribution < 1.29 is 9.32 Å². The van der Waals surface area contributed by atoms with Gasteiger partial charge in [-0.3, -0.25) is 14.2 Å². The van der Waals surface area contributed by atoms with E-state index in [1.54, 1.807) is 11.5 Å². The van der Waals surface area contributed by atoms with Crippen molar-refractivity contribution in [3.8, 4) is 0 Å². The van der Waals surface area contributed by atoms with Crippen LogP contribution in [0.25, 0.3) is 21.9 Å². The van der Waals surface area contributed by atoms with E-state index in [4.69, 9.17) is 4.52 Å². The Morgan fingerprint density at radius 2 is 1.88 bits per heavy atom. The number of benzene rings is 2. The molecule has 0 aliphatic carbocycles. The second-order valence-corrected chi connectivity index (χ2v) is 7.98. The highest BCUT2D eigenvalue weighted by Gasteiger charge is 2.19. The van der Waals surface area contributed by atoms with Crippen molar-refractivity contribution in [2.45, 2.75) is 33.5 Å². The number of aromatic nitrogens is 5. The Morgan fingerprint density at radius 1 is 1.09 bits per heavy atom. The van der Waals surface area contributed by atoms with Crippen LogP contribution in [-0.4, -0.2) is 30.2 Å².